The van der Waals surface area contributed by atoms with Gasteiger partial charge in [0.05, 0.1) is 12.5 Å². The third-order valence-corrected chi connectivity index (χ3v) is 5.18. The van der Waals surface area contributed by atoms with Gasteiger partial charge < -0.3 is 14.8 Å². The fourth-order valence-corrected chi connectivity index (χ4v) is 3.38. The van der Waals surface area contributed by atoms with Crippen LogP contribution in [0.4, 0.5) is 5.13 Å². The Balaban J connectivity index is 1.67. The molecule has 2 heterocycles. The van der Waals surface area contributed by atoms with Gasteiger partial charge in [-0.2, -0.15) is 0 Å². The third-order valence-electron chi connectivity index (χ3n) is 3.92. The maximum atomic E-state index is 12.6. The smallest absolute Gasteiger partial charge is 0.233 e. The average molecular weight is 361 g/mol. The highest BCUT2D eigenvalue weighted by molar-refractivity contribution is 7.15. The highest BCUT2D eigenvalue weighted by atomic mass is 32.1. The summed E-state index contributed by atoms with van der Waals surface area (Å²) in [5.41, 5.74) is 0.911. The van der Waals surface area contributed by atoms with E-state index in [2.05, 4.69) is 36.3 Å². The Morgan fingerprint density at radius 3 is 2.88 bits per heavy atom. The first-order valence-electron chi connectivity index (χ1n) is 8.40. The quantitative estimate of drug-likeness (QED) is 0.903. The molecule has 0 saturated carbocycles. The Morgan fingerprint density at radius 2 is 2.20 bits per heavy atom. The fraction of sp³-hybridized carbons (Fsp3) is 0.500. The average Bonchev–Trinajstić information content (AvgIpc) is 3.03. The normalized spacial score (nSPS) is 16.7. The molecule has 1 aromatic heterocycles. The number of aromatic nitrogens is 2. The van der Waals surface area contributed by atoms with Crippen molar-refractivity contribution in [3.8, 4) is 11.5 Å². The largest absolute Gasteiger partial charge is 0.494 e. The second kappa shape index (κ2) is 7.00. The van der Waals surface area contributed by atoms with Crippen LogP contribution >= 0.6 is 11.3 Å². The summed E-state index contributed by atoms with van der Waals surface area (Å²) in [6.07, 6.45) is 0.618. The lowest BCUT2D eigenvalue weighted by Crippen LogP contribution is -2.32. The molecule has 0 spiro atoms. The van der Waals surface area contributed by atoms with Crippen LogP contribution in [0.3, 0.4) is 0 Å². The zero-order chi connectivity index (χ0) is 18.0. The lowest BCUT2D eigenvalue weighted by molar-refractivity contribution is -0.121. The monoisotopic (exact) mass is 361 g/mol. The van der Waals surface area contributed by atoms with Crippen LogP contribution in [-0.2, 0) is 16.6 Å². The maximum absolute atomic E-state index is 12.6. The summed E-state index contributed by atoms with van der Waals surface area (Å²) in [6, 6.07) is 5.73. The fourth-order valence-electron chi connectivity index (χ4n) is 2.58. The van der Waals surface area contributed by atoms with Crippen LogP contribution < -0.4 is 14.8 Å². The topological polar surface area (TPSA) is 73.3 Å². The van der Waals surface area contributed by atoms with Crippen molar-refractivity contribution in [2.24, 2.45) is 5.92 Å². The first kappa shape index (κ1) is 17.7. The third kappa shape index (κ3) is 4.10. The van der Waals surface area contributed by atoms with Gasteiger partial charge in [0.2, 0.25) is 11.0 Å². The molecule has 1 atom stereocenters. The summed E-state index contributed by atoms with van der Waals surface area (Å²) in [4.78, 5) is 12.6. The van der Waals surface area contributed by atoms with E-state index in [-0.39, 0.29) is 17.2 Å². The molecule has 0 radical (unpaired) electrons. The number of fused-ring (bicyclic) bond motifs is 1. The van der Waals surface area contributed by atoms with Crippen molar-refractivity contribution in [1.29, 1.82) is 0 Å². The van der Waals surface area contributed by atoms with Crippen LogP contribution in [0.5, 0.6) is 11.5 Å². The van der Waals surface area contributed by atoms with Crippen molar-refractivity contribution >= 4 is 22.4 Å². The van der Waals surface area contributed by atoms with Gasteiger partial charge in [-0.25, -0.2) is 0 Å². The van der Waals surface area contributed by atoms with E-state index < -0.39 is 0 Å². The van der Waals surface area contributed by atoms with E-state index in [0.29, 0.717) is 24.8 Å². The Bertz CT molecular complexity index is 767. The van der Waals surface area contributed by atoms with Gasteiger partial charge in [-0.1, -0.05) is 32.1 Å². The Kier molecular flexibility index (Phi) is 4.94. The van der Waals surface area contributed by atoms with E-state index >= 15 is 0 Å². The first-order valence-corrected chi connectivity index (χ1v) is 9.22. The number of ether oxygens (including phenoxy) is 2. The second-order valence-electron chi connectivity index (χ2n) is 7.07. The zero-order valence-corrected chi connectivity index (χ0v) is 15.8. The molecule has 6 nitrogen and oxygen atoms in total. The molecule has 3 rings (SSSR count). The molecular weight excluding hydrogens is 338 g/mol. The van der Waals surface area contributed by atoms with Gasteiger partial charge >= 0.3 is 0 Å². The van der Waals surface area contributed by atoms with Crippen molar-refractivity contribution in [2.75, 3.05) is 18.5 Å². The first-order chi connectivity index (χ1) is 11.9. The molecule has 1 amide bonds. The van der Waals surface area contributed by atoms with Crippen molar-refractivity contribution in [2.45, 2.75) is 39.5 Å². The van der Waals surface area contributed by atoms with Crippen molar-refractivity contribution in [3.63, 3.8) is 0 Å². The SMILES string of the molecule is CCOc1ccc2c(c1)CC(C(=O)Nc1nnc(C(C)(C)C)s1)CO2. The van der Waals surface area contributed by atoms with Crippen LogP contribution in [0, 0.1) is 5.92 Å². The van der Waals surface area contributed by atoms with Crippen LogP contribution in [0.1, 0.15) is 38.3 Å². The molecule has 0 saturated heterocycles. The molecular formula is C18H23N3O3S. The Labute approximate surface area is 151 Å². The summed E-state index contributed by atoms with van der Waals surface area (Å²) in [6.45, 7) is 9.12. The highest BCUT2D eigenvalue weighted by Crippen LogP contribution is 2.32. The predicted molar refractivity (Wildman–Crippen MR) is 97.5 cm³/mol. The molecule has 0 bridgehead atoms. The van der Waals surface area contributed by atoms with Gasteiger partial charge in [0, 0.05) is 5.41 Å². The number of amides is 1. The molecule has 1 aliphatic heterocycles. The minimum absolute atomic E-state index is 0.0801. The van der Waals surface area contributed by atoms with Gasteiger partial charge in [0.1, 0.15) is 23.1 Å². The standard InChI is InChI=1S/C18H23N3O3S/c1-5-23-13-6-7-14-11(9-13)8-12(10-24-14)15(22)19-17-21-20-16(25-17)18(2,3)4/h6-7,9,12H,5,8,10H2,1-4H3,(H,19,21,22). The van der Waals surface area contributed by atoms with E-state index in [1.165, 1.54) is 11.3 Å². The summed E-state index contributed by atoms with van der Waals surface area (Å²) in [5.74, 6) is 1.26. The number of hydrogen-bond donors (Lipinski definition) is 1. The van der Waals surface area contributed by atoms with Crippen molar-refractivity contribution < 1.29 is 14.3 Å². The summed E-state index contributed by atoms with van der Waals surface area (Å²) >= 11 is 1.41. The number of rotatable bonds is 4. The number of anilines is 1. The van der Waals surface area contributed by atoms with Crippen molar-refractivity contribution in [1.82, 2.24) is 10.2 Å². The van der Waals surface area contributed by atoms with E-state index in [9.17, 15) is 4.79 Å². The van der Waals surface area contributed by atoms with Crippen LogP contribution in [0.2, 0.25) is 0 Å². The van der Waals surface area contributed by atoms with Gasteiger partial charge in [-0.05, 0) is 37.1 Å². The zero-order valence-electron chi connectivity index (χ0n) is 15.0. The molecule has 1 aliphatic rings. The minimum Gasteiger partial charge on any atom is -0.494 e. The predicted octanol–water partition coefficient (Wildman–Crippen LogP) is 3.42. The molecule has 1 unspecified atom stereocenters. The van der Waals surface area contributed by atoms with Gasteiger partial charge in [-0.15, -0.1) is 10.2 Å². The van der Waals surface area contributed by atoms with Gasteiger partial charge in [-0.3, -0.25) is 4.79 Å². The molecule has 7 heteroatoms. The Morgan fingerprint density at radius 1 is 1.40 bits per heavy atom. The summed E-state index contributed by atoms with van der Waals surface area (Å²) in [5, 5.41) is 12.5. The van der Waals surface area contributed by atoms with Crippen LogP contribution in [-0.4, -0.2) is 29.3 Å². The molecule has 2 aromatic rings. The van der Waals surface area contributed by atoms with E-state index in [1.54, 1.807) is 0 Å². The van der Waals surface area contributed by atoms with E-state index in [1.807, 2.05) is 25.1 Å². The number of hydrogen-bond acceptors (Lipinski definition) is 6. The number of nitrogens with one attached hydrogen (secondary N) is 1. The lowest BCUT2D eigenvalue weighted by Gasteiger charge is -2.24. The highest BCUT2D eigenvalue weighted by Gasteiger charge is 2.28. The molecule has 25 heavy (non-hydrogen) atoms. The maximum Gasteiger partial charge on any atom is 0.233 e. The number of nitrogens with zero attached hydrogens (tertiary/aromatic N) is 2. The molecule has 0 fully saturated rings. The van der Waals surface area contributed by atoms with Gasteiger partial charge in [0.25, 0.3) is 0 Å². The van der Waals surface area contributed by atoms with Gasteiger partial charge in [0.15, 0.2) is 0 Å². The molecule has 1 N–H and O–H groups in total. The second-order valence-corrected chi connectivity index (χ2v) is 8.04. The molecule has 1 aromatic carbocycles. The summed E-state index contributed by atoms with van der Waals surface area (Å²) < 4.78 is 11.3. The number of benzene rings is 1. The Hall–Kier alpha value is -2.15. The molecule has 134 valence electrons. The van der Waals surface area contributed by atoms with Crippen LogP contribution in [0.25, 0.3) is 0 Å². The minimum atomic E-state index is -0.258. The molecule has 0 aliphatic carbocycles. The number of carbonyl (C=O) groups is 1. The lowest BCUT2D eigenvalue weighted by atomic mass is 9.96. The van der Waals surface area contributed by atoms with Crippen LogP contribution in [0.15, 0.2) is 18.2 Å². The summed E-state index contributed by atoms with van der Waals surface area (Å²) in [7, 11) is 0. The van der Waals surface area contributed by atoms with E-state index in [4.69, 9.17) is 9.47 Å². The van der Waals surface area contributed by atoms with Crippen molar-refractivity contribution in [3.05, 3.63) is 28.8 Å². The van der Waals surface area contributed by atoms with E-state index in [0.717, 1.165) is 22.1 Å². The number of carbonyl (C=O) groups excluding carboxylic acids is 1.